The van der Waals surface area contributed by atoms with Gasteiger partial charge in [-0.05, 0) is 0 Å². The van der Waals surface area contributed by atoms with Crippen LogP contribution in [0.1, 0.15) is 13.8 Å². The normalized spacial score (nSPS) is 18.3. The van der Waals surface area contributed by atoms with Crippen LogP contribution >= 0.6 is 0 Å². The van der Waals surface area contributed by atoms with E-state index in [1.165, 1.54) is 0 Å². The molecule has 1 unspecified atom stereocenters. The van der Waals surface area contributed by atoms with Crippen LogP contribution < -0.4 is 0 Å². The lowest BCUT2D eigenvalue weighted by atomic mass is 9.97. The molecule has 0 amide bonds. The third-order valence-corrected chi connectivity index (χ3v) is 2.51. The number of rotatable bonds is 5. The summed E-state index contributed by atoms with van der Waals surface area (Å²) in [5.41, 5.74) is 0. The fourth-order valence-electron chi connectivity index (χ4n) is 1.09. The molecule has 0 aliphatic rings. The van der Waals surface area contributed by atoms with Gasteiger partial charge in [-0.3, -0.25) is 4.74 Å². The molecule has 0 saturated heterocycles. The lowest BCUT2D eigenvalue weighted by Gasteiger charge is -2.40. The van der Waals surface area contributed by atoms with Crippen molar-refractivity contribution in [3.05, 3.63) is 0 Å². The Labute approximate surface area is 119 Å². The smallest absolute Gasteiger partial charge is 0.265 e. The molecule has 23 heavy (non-hydrogen) atoms. The van der Waals surface area contributed by atoms with Crippen molar-refractivity contribution in [2.24, 2.45) is 5.92 Å². The van der Waals surface area contributed by atoms with Crippen molar-refractivity contribution in [2.45, 2.75) is 50.0 Å². The Balaban J connectivity index is 6.14. The van der Waals surface area contributed by atoms with Crippen LogP contribution in [-0.2, 0) is 4.74 Å². The SMILES string of the molecule is CC(C)C(F)(F)C(F)(OC(F)(F)C(F)(F)C(F)(F)F)C(F)(F)F. The monoisotopic (exact) mass is 378 g/mol. The highest BCUT2D eigenvalue weighted by Gasteiger charge is 2.82. The standard InChI is InChI=1S/C9H7F13O/c1-3(2)4(10,11)6(14,8(18,19)20)23-9(21,22)5(12,13)7(15,16)17/h3H,1-2H3. The lowest BCUT2D eigenvalue weighted by molar-refractivity contribution is -0.511. The average Bonchev–Trinajstić information content (AvgIpc) is 2.24. The first kappa shape index (κ1) is 22.1. The Kier molecular flexibility index (Phi) is 5.32. The first-order valence-corrected chi connectivity index (χ1v) is 5.31. The number of alkyl halides is 13. The van der Waals surface area contributed by atoms with E-state index in [9.17, 15) is 57.1 Å². The van der Waals surface area contributed by atoms with Crippen LogP contribution in [0.25, 0.3) is 0 Å². The summed E-state index contributed by atoms with van der Waals surface area (Å²) in [6.45, 7) is 0.340. The molecular formula is C9H7F13O. The highest BCUT2D eigenvalue weighted by Crippen LogP contribution is 2.56. The maximum absolute atomic E-state index is 13.5. The van der Waals surface area contributed by atoms with E-state index in [0.29, 0.717) is 0 Å². The zero-order chi connectivity index (χ0) is 19.3. The summed E-state index contributed by atoms with van der Waals surface area (Å²) in [4.78, 5) is 0. The maximum atomic E-state index is 13.5. The van der Waals surface area contributed by atoms with Gasteiger partial charge in [0, 0.05) is 5.92 Å². The van der Waals surface area contributed by atoms with Crippen molar-refractivity contribution < 1.29 is 61.8 Å². The summed E-state index contributed by atoms with van der Waals surface area (Å²) >= 11 is 0. The van der Waals surface area contributed by atoms with Crippen LogP contribution in [-0.4, -0.2) is 36.2 Å². The molecule has 140 valence electrons. The van der Waals surface area contributed by atoms with E-state index < -0.39 is 42.1 Å². The first-order valence-electron chi connectivity index (χ1n) is 5.31. The molecule has 0 heterocycles. The van der Waals surface area contributed by atoms with Gasteiger partial charge in [0.25, 0.3) is 0 Å². The zero-order valence-electron chi connectivity index (χ0n) is 10.9. The third kappa shape index (κ3) is 3.45. The molecular weight excluding hydrogens is 371 g/mol. The summed E-state index contributed by atoms with van der Waals surface area (Å²) < 4.78 is 164. The fourth-order valence-corrected chi connectivity index (χ4v) is 1.09. The van der Waals surface area contributed by atoms with Gasteiger partial charge in [0.1, 0.15) is 0 Å². The minimum Gasteiger partial charge on any atom is -0.265 e. The number of hydrogen-bond acceptors (Lipinski definition) is 1. The van der Waals surface area contributed by atoms with Crippen molar-refractivity contribution in [3.63, 3.8) is 0 Å². The van der Waals surface area contributed by atoms with Gasteiger partial charge in [0.2, 0.25) is 0 Å². The van der Waals surface area contributed by atoms with Crippen molar-refractivity contribution in [3.8, 4) is 0 Å². The molecule has 0 aromatic rings. The van der Waals surface area contributed by atoms with Crippen LogP contribution in [0.5, 0.6) is 0 Å². The van der Waals surface area contributed by atoms with Crippen LogP contribution in [0.15, 0.2) is 0 Å². The molecule has 0 bridgehead atoms. The fraction of sp³-hybridized carbons (Fsp3) is 1.00. The second-order valence-corrected chi connectivity index (χ2v) is 4.56. The van der Waals surface area contributed by atoms with E-state index >= 15 is 0 Å². The Bertz CT molecular complexity index is 420. The average molecular weight is 378 g/mol. The van der Waals surface area contributed by atoms with Crippen molar-refractivity contribution in [2.75, 3.05) is 0 Å². The van der Waals surface area contributed by atoms with Crippen molar-refractivity contribution in [1.82, 2.24) is 0 Å². The quantitative estimate of drug-likeness (QED) is 0.589. The van der Waals surface area contributed by atoms with Crippen LogP contribution in [0.2, 0.25) is 0 Å². The Morgan fingerprint density at radius 3 is 1.17 bits per heavy atom. The van der Waals surface area contributed by atoms with Gasteiger partial charge >= 0.3 is 36.2 Å². The van der Waals surface area contributed by atoms with E-state index in [2.05, 4.69) is 0 Å². The van der Waals surface area contributed by atoms with Crippen molar-refractivity contribution in [1.29, 1.82) is 0 Å². The van der Waals surface area contributed by atoms with Gasteiger partial charge in [-0.25, -0.2) is 0 Å². The van der Waals surface area contributed by atoms with E-state index in [0.717, 1.165) is 0 Å². The molecule has 0 aliphatic carbocycles. The second-order valence-electron chi connectivity index (χ2n) is 4.56. The van der Waals surface area contributed by atoms with Gasteiger partial charge in [-0.1, -0.05) is 13.8 Å². The lowest BCUT2D eigenvalue weighted by Crippen LogP contribution is -2.65. The van der Waals surface area contributed by atoms with Crippen LogP contribution in [0.4, 0.5) is 57.1 Å². The molecule has 0 N–H and O–H groups in total. The second kappa shape index (κ2) is 5.55. The van der Waals surface area contributed by atoms with Crippen molar-refractivity contribution >= 4 is 0 Å². The molecule has 1 atom stereocenters. The zero-order valence-corrected chi connectivity index (χ0v) is 10.9. The molecule has 0 aliphatic heterocycles. The first-order chi connectivity index (χ1) is 9.65. The molecule has 0 saturated carbocycles. The Hall–Kier alpha value is -0.950. The predicted molar refractivity (Wildman–Crippen MR) is 46.7 cm³/mol. The summed E-state index contributed by atoms with van der Waals surface area (Å²) in [5, 5.41) is 0. The predicted octanol–water partition coefficient (Wildman–Crippen LogP) is 5.31. The van der Waals surface area contributed by atoms with E-state index in [1.54, 1.807) is 4.74 Å². The minimum absolute atomic E-state index is 0.170. The van der Waals surface area contributed by atoms with E-state index in [4.69, 9.17) is 0 Å². The van der Waals surface area contributed by atoms with Gasteiger partial charge in [-0.2, -0.15) is 57.1 Å². The molecule has 0 radical (unpaired) electrons. The number of halogens is 13. The summed E-state index contributed by atoms with van der Waals surface area (Å²) in [6.07, 6.45) is -21.5. The van der Waals surface area contributed by atoms with E-state index in [-0.39, 0.29) is 13.8 Å². The summed E-state index contributed by atoms with van der Waals surface area (Å²) in [5.74, 6) is -22.8. The third-order valence-electron chi connectivity index (χ3n) is 2.51. The molecule has 0 fully saturated rings. The van der Waals surface area contributed by atoms with Gasteiger partial charge in [0.05, 0.1) is 0 Å². The van der Waals surface area contributed by atoms with Crippen LogP contribution in [0.3, 0.4) is 0 Å². The van der Waals surface area contributed by atoms with E-state index in [1.807, 2.05) is 0 Å². The minimum atomic E-state index is -7.37. The summed E-state index contributed by atoms with van der Waals surface area (Å²) in [7, 11) is 0. The highest BCUT2D eigenvalue weighted by atomic mass is 19.4. The Morgan fingerprint density at radius 1 is 0.609 bits per heavy atom. The molecule has 14 heteroatoms. The largest absolute Gasteiger partial charge is 0.462 e. The molecule has 0 spiro atoms. The topological polar surface area (TPSA) is 9.23 Å². The number of ether oxygens (including phenoxy) is 1. The highest BCUT2D eigenvalue weighted by molar-refractivity contribution is 4.97. The maximum Gasteiger partial charge on any atom is 0.462 e. The van der Waals surface area contributed by atoms with Crippen LogP contribution in [0, 0.1) is 5.92 Å². The van der Waals surface area contributed by atoms with Gasteiger partial charge in [0.15, 0.2) is 0 Å². The van der Waals surface area contributed by atoms with Gasteiger partial charge in [-0.15, -0.1) is 0 Å². The molecule has 0 rings (SSSR count). The number of hydrogen-bond donors (Lipinski definition) is 0. The molecule has 1 nitrogen and oxygen atoms in total. The molecule has 0 aromatic heterocycles. The van der Waals surface area contributed by atoms with Gasteiger partial charge < -0.3 is 0 Å². The summed E-state index contributed by atoms with van der Waals surface area (Å²) in [6, 6.07) is 0. The Morgan fingerprint density at radius 2 is 0.957 bits per heavy atom. The molecule has 0 aromatic carbocycles.